The zero-order valence-corrected chi connectivity index (χ0v) is 15.3. The largest absolute Gasteiger partial charge is 0.481 e. The fourth-order valence-corrected chi connectivity index (χ4v) is 1.92. The molecule has 0 saturated heterocycles. The number of nitrogens with one attached hydrogen (secondary N) is 1. The summed E-state index contributed by atoms with van der Waals surface area (Å²) in [5, 5.41) is 20.2. The lowest BCUT2D eigenvalue weighted by molar-refractivity contribution is -0.145. The van der Waals surface area contributed by atoms with E-state index < -0.39 is 30.0 Å². The minimum absolute atomic E-state index is 0.00542. The minimum atomic E-state index is -1.03. The summed E-state index contributed by atoms with van der Waals surface area (Å²) in [5.74, 6) is -2.26. The van der Waals surface area contributed by atoms with E-state index in [9.17, 15) is 19.2 Å². The molecule has 0 fully saturated rings. The molecule has 0 aromatic carbocycles. The maximum atomic E-state index is 11.7. The second-order valence-corrected chi connectivity index (χ2v) is 5.94. The molecule has 150 valence electrons. The molecule has 10 nitrogen and oxygen atoms in total. The van der Waals surface area contributed by atoms with Crippen molar-refractivity contribution < 1.29 is 34.1 Å². The van der Waals surface area contributed by atoms with E-state index in [0.29, 0.717) is 6.42 Å². The van der Waals surface area contributed by atoms with Crippen LogP contribution in [0.15, 0.2) is 0 Å². The molecule has 10 heteroatoms. The standard InChI is InChI=1S/C16H29N3O7/c1-11(20)6-10-26-15(24)5-8-19(12(2)21)9-7-18-16(25)13(17)3-4-14(22)23/h11,13,20H,3-10,17H2,1-2H3,(H,18,25)(H,22,23)/t11?,13-/m0/s1. The van der Waals surface area contributed by atoms with Gasteiger partial charge in [-0.15, -0.1) is 0 Å². The van der Waals surface area contributed by atoms with Crippen LogP contribution in [0.3, 0.4) is 0 Å². The number of carboxylic acid groups (broad SMARTS) is 1. The lowest BCUT2D eigenvalue weighted by Crippen LogP contribution is -2.44. The lowest BCUT2D eigenvalue weighted by Gasteiger charge is -2.21. The first-order valence-corrected chi connectivity index (χ1v) is 8.47. The van der Waals surface area contributed by atoms with E-state index in [1.54, 1.807) is 6.92 Å². The van der Waals surface area contributed by atoms with Gasteiger partial charge in [-0.25, -0.2) is 0 Å². The minimum Gasteiger partial charge on any atom is -0.481 e. The third kappa shape index (κ3) is 12.2. The van der Waals surface area contributed by atoms with E-state index >= 15 is 0 Å². The van der Waals surface area contributed by atoms with Crippen molar-refractivity contribution in [2.75, 3.05) is 26.2 Å². The van der Waals surface area contributed by atoms with E-state index in [-0.39, 0.29) is 51.4 Å². The number of hydrogen-bond acceptors (Lipinski definition) is 7. The molecule has 0 aliphatic rings. The number of carboxylic acids is 1. The molecule has 26 heavy (non-hydrogen) atoms. The highest BCUT2D eigenvalue weighted by molar-refractivity contribution is 5.82. The molecule has 2 amide bonds. The zero-order valence-electron chi connectivity index (χ0n) is 15.3. The number of aliphatic hydroxyl groups excluding tert-OH is 1. The van der Waals surface area contributed by atoms with Crippen molar-refractivity contribution >= 4 is 23.8 Å². The van der Waals surface area contributed by atoms with Gasteiger partial charge < -0.3 is 30.9 Å². The van der Waals surface area contributed by atoms with Crippen molar-refractivity contribution in [3.05, 3.63) is 0 Å². The van der Waals surface area contributed by atoms with E-state index in [1.807, 2.05) is 0 Å². The normalized spacial score (nSPS) is 12.8. The van der Waals surface area contributed by atoms with Gasteiger partial charge in [0.25, 0.3) is 0 Å². The lowest BCUT2D eigenvalue weighted by atomic mass is 10.1. The maximum absolute atomic E-state index is 11.7. The van der Waals surface area contributed by atoms with E-state index in [4.69, 9.17) is 20.7 Å². The first kappa shape index (κ1) is 23.8. The van der Waals surface area contributed by atoms with Crippen molar-refractivity contribution in [3.63, 3.8) is 0 Å². The molecule has 0 bridgehead atoms. The summed E-state index contributed by atoms with van der Waals surface area (Å²) in [6, 6.07) is -0.930. The number of esters is 1. The van der Waals surface area contributed by atoms with Crippen LogP contribution < -0.4 is 11.1 Å². The molecular weight excluding hydrogens is 346 g/mol. The number of aliphatic carboxylic acids is 1. The smallest absolute Gasteiger partial charge is 0.307 e. The van der Waals surface area contributed by atoms with Gasteiger partial charge in [0.1, 0.15) is 0 Å². The highest BCUT2D eigenvalue weighted by Gasteiger charge is 2.16. The van der Waals surface area contributed by atoms with Crippen LogP contribution in [0.25, 0.3) is 0 Å². The van der Waals surface area contributed by atoms with Gasteiger partial charge in [0.15, 0.2) is 0 Å². The average Bonchev–Trinajstić information content (AvgIpc) is 2.54. The van der Waals surface area contributed by atoms with Crippen LogP contribution in [0.4, 0.5) is 0 Å². The summed E-state index contributed by atoms with van der Waals surface area (Å²) < 4.78 is 4.93. The van der Waals surface area contributed by atoms with Gasteiger partial charge in [-0.3, -0.25) is 19.2 Å². The van der Waals surface area contributed by atoms with Crippen molar-refractivity contribution in [2.24, 2.45) is 5.73 Å². The quantitative estimate of drug-likeness (QED) is 0.294. The Balaban J connectivity index is 4.12. The van der Waals surface area contributed by atoms with Crippen LogP contribution in [0.2, 0.25) is 0 Å². The Kier molecular flexibility index (Phi) is 12.0. The number of aliphatic hydroxyl groups is 1. The molecule has 0 radical (unpaired) electrons. The van der Waals surface area contributed by atoms with Gasteiger partial charge >= 0.3 is 11.9 Å². The van der Waals surface area contributed by atoms with E-state index in [1.165, 1.54) is 11.8 Å². The van der Waals surface area contributed by atoms with Crippen LogP contribution in [0.1, 0.15) is 39.5 Å². The van der Waals surface area contributed by atoms with Crippen molar-refractivity contribution in [1.29, 1.82) is 0 Å². The number of nitrogens with two attached hydrogens (primary N) is 1. The van der Waals surface area contributed by atoms with Gasteiger partial charge in [0.05, 0.1) is 25.2 Å². The van der Waals surface area contributed by atoms with Crippen molar-refractivity contribution in [1.82, 2.24) is 10.2 Å². The summed E-state index contributed by atoms with van der Waals surface area (Å²) >= 11 is 0. The van der Waals surface area contributed by atoms with Gasteiger partial charge in [-0.1, -0.05) is 0 Å². The summed E-state index contributed by atoms with van der Waals surface area (Å²) in [6.07, 6.45) is -0.384. The molecule has 0 spiro atoms. The second kappa shape index (κ2) is 13.1. The Morgan fingerprint density at radius 2 is 1.81 bits per heavy atom. The molecule has 1 unspecified atom stereocenters. The molecule has 0 aliphatic carbocycles. The molecule has 0 aromatic rings. The van der Waals surface area contributed by atoms with E-state index in [0.717, 1.165) is 0 Å². The highest BCUT2D eigenvalue weighted by atomic mass is 16.5. The number of hydrogen-bond donors (Lipinski definition) is 4. The number of carbonyl (C=O) groups excluding carboxylic acids is 3. The SMILES string of the molecule is CC(=O)N(CCNC(=O)[C@@H](N)CCC(=O)O)CCC(=O)OCCC(C)O. The Morgan fingerprint density at radius 1 is 1.15 bits per heavy atom. The van der Waals surface area contributed by atoms with Crippen molar-refractivity contribution in [2.45, 2.75) is 51.7 Å². The average molecular weight is 375 g/mol. The maximum Gasteiger partial charge on any atom is 0.307 e. The highest BCUT2D eigenvalue weighted by Crippen LogP contribution is 1.98. The fourth-order valence-electron chi connectivity index (χ4n) is 1.92. The fraction of sp³-hybridized carbons (Fsp3) is 0.750. The van der Waals surface area contributed by atoms with Gasteiger partial charge in [-0.2, -0.15) is 0 Å². The van der Waals surface area contributed by atoms with Crippen LogP contribution in [0, 0.1) is 0 Å². The number of rotatable bonds is 13. The molecule has 0 aromatic heterocycles. The predicted molar refractivity (Wildman–Crippen MR) is 92.0 cm³/mol. The number of nitrogens with zero attached hydrogens (tertiary/aromatic N) is 1. The summed E-state index contributed by atoms with van der Waals surface area (Å²) in [5.41, 5.74) is 5.57. The summed E-state index contributed by atoms with van der Waals surface area (Å²) in [4.78, 5) is 46.7. The van der Waals surface area contributed by atoms with Crippen LogP contribution in [-0.4, -0.2) is 77.3 Å². The molecule has 0 rings (SSSR count). The van der Waals surface area contributed by atoms with Gasteiger partial charge in [0.2, 0.25) is 11.8 Å². The Morgan fingerprint density at radius 3 is 2.35 bits per heavy atom. The summed E-state index contributed by atoms with van der Waals surface area (Å²) in [6.45, 7) is 3.51. The third-order valence-corrected chi connectivity index (χ3v) is 3.52. The molecule has 2 atom stereocenters. The first-order valence-electron chi connectivity index (χ1n) is 8.47. The Labute approximate surface area is 152 Å². The monoisotopic (exact) mass is 375 g/mol. The Bertz CT molecular complexity index is 482. The molecule has 5 N–H and O–H groups in total. The molecule has 0 heterocycles. The van der Waals surface area contributed by atoms with Crippen LogP contribution in [-0.2, 0) is 23.9 Å². The topological polar surface area (TPSA) is 159 Å². The number of ether oxygens (including phenoxy) is 1. The zero-order chi connectivity index (χ0) is 20.1. The Hall–Kier alpha value is -2.20. The second-order valence-electron chi connectivity index (χ2n) is 5.94. The third-order valence-electron chi connectivity index (χ3n) is 3.52. The van der Waals surface area contributed by atoms with Crippen molar-refractivity contribution in [3.8, 4) is 0 Å². The number of carbonyl (C=O) groups is 4. The summed E-state index contributed by atoms with van der Waals surface area (Å²) in [7, 11) is 0. The molecule has 0 saturated carbocycles. The van der Waals surface area contributed by atoms with Gasteiger partial charge in [0, 0.05) is 39.4 Å². The number of amides is 2. The van der Waals surface area contributed by atoms with Gasteiger partial charge in [-0.05, 0) is 13.3 Å². The van der Waals surface area contributed by atoms with Crippen LogP contribution in [0.5, 0.6) is 0 Å². The predicted octanol–water partition coefficient (Wildman–Crippen LogP) is -1.15. The van der Waals surface area contributed by atoms with Crippen LogP contribution >= 0.6 is 0 Å². The first-order chi connectivity index (χ1) is 12.1. The molecule has 0 aliphatic heterocycles. The molecular formula is C16H29N3O7. The van der Waals surface area contributed by atoms with E-state index in [2.05, 4.69) is 5.32 Å².